The van der Waals surface area contributed by atoms with Gasteiger partial charge in [0.25, 0.3) is 0 Å². The summed E-state index contributed by atoms with van der Waals surface area (Å²) in [6.07, 6.45) is 77.0. The van der Waals surface area contributed by atoms with Gasteiger partial charge in [-0.05, 0) is 44.9 Å². The number of ether oxygens (including phenoxy) is 4. The van der Waals surface area contributed by atoms with E-state index >= 15 is 0 Å². The number of rotatable bonds is 68. The molecule has 0 saturated heterocycles. The lowest BCUT2D eigenvalue weighted by molar-refractivity contribution is -0.870. The van der Waals surface area contributed by atoms with Crippen LogP contribution in [0.5, 0.6) is 0 Å². The summed E-state index contributed by atoms with van der Waals surface area (Å²) in [6, 6.07) is 0. The van der Waals surface area contributed by atoms with Gasteiger partial charge in [0.05, 0.1) is 40.3 Å². The molecule has 9 nitrogen and oxygen atoms in total. The number of carbonyl (C=O) groups is 3. The molecule has 2 atom stereocenters. The normalized spacial score (nSPS) is 12.7. The lowest BCUT2D eigenvalue weighted by Gasteiger charge is -2.26. The van der Waals surface area contributed by atoms with Crippen molar-refractivity contribution in [3.8, 4) is 0 Å². The van der Waals surface area contributed by atoms with E-state index in [1.165, 1.54) is 295 Å². The maximum Gasteiger partial charge on any atom is 0.306 e. The maximum atomic E-state index is 12.9. The summed E-state index contributed by atoms with van der Waals surface area (Å²) >= 11 is 0. The van der Waals surface area contributed by atoms with Crippen molar-refractivity contribution in [2.24, 2.45) is 0 Å². The molecule has 0 rings (SSSR count). The van der Waals surface area contributed by atoms with Gasteiger partial charge in [0.15, 0.2) is 12.4 Å². The van der Waals surface area contributed by atoms with Gasteiger partial charge in [0.1, 0.15) is 13.2 Å². The molecule has 0 saturated carbocycles. The summed E-state index contributed by atoms with van der Waals surface area (Å²) in [4.78, 5) is 37.5. The minimum atomic E-state index is -1.62. The zero-order valence-electron chi connectivity index (χ0n) is 55.4. The number of nitrogens with zero attached hydrogens (tertiary/aromatic N) is 1. The Morgan fingerprint density at radius 2 is 0.659 bits per heavy atom. The Balaban J connectivity index is 4.04. The molecule has 0 aromatic rings. The molecule has 0 bridgehead atoms. The number of allylic oxidation sites excluding steroid dienone is 4. The molecule has 82 heavy (non-hydrogen) atoms. The van der Waals surface area contributed by atoms with Gasteiger partial charge in [-0.3, -0.25) is 9.59 Å². The molecule has 0 aliphatic rings. The van der Waals surface area contributed by atoms with Crippen LogP contribution < -0.4 is 5.11 Å². The first-order chi connectivity index (χ1) is 40.1. The summed E-state index contributed by atoms with van der Waals surface area (Å²) in [7, 11) is 5.95. The number of hydrogen-bond acceptors (Lipinski definition) is 8. The van der Waals surface area contributed by atoms with Crippen LogP contribution in [-0.4, -0.2) is 82.3 Å². The van der Waals surface area contributed by atoms with Gasteiger partial charge in [-0.25, -0.2) is 0 Å². The van der Waals surface area contributed by atoms with E-state index < -0.39 is 24.3 Å². The molecule has 0 amide bonds. The van der Waals surface area contributed by atoms with Gasteiger partial charge in [-0.2, -0.15) is 0 Å². The molecule has 0 fully saturated rings. The first kappa shape index (κ1) is 79.8. The smallest absolute Gasteiger partial charge is 0.306 e. The molecule has 2 unspecified atom stereocenters. The largest absolute Gasteiger partial charge is 0.545 e. The second kappa shape index (κ2) is 64.8. The van der Waals surface area contributed by atoms with Gasteiger partial charge in [0, 0.05) is 12.8 Å². The van der Waals surface area contributed by atoms with E-state index in [1.54, 1.807) is 0 Å². The highest BCUT2D eigenvalue weighted by Gasteiger charge is 2.22. The van der Waals surface area contributed by atoms with E-state index in [0.717, 1.165) is 44.9 Å². The number of likely N-dealkylation sites (N-methyl/N-ethyl adjacent to an activating group) is 1. The number of unbranched alkanes of at least 4 members (excludes halogenated alkanes) is 49. The predicted molar refractivity (Wildman–Crippen MR) is 348 cm³/mol. The number of carboxylic acid groups (broad SMARTS) is 1. The number of carboxylic acids is 1. The van der Waals surface area contributed by atoms with Crippen LogP contribution in [0, 0.1) is 0 Å². The number of hydrogen-bond donors (Lipinski definition) is 0. The molecule has 0 spiro atoms. The average molecular weight is 1160 g/mol. The molecule has 0 aromatic heterocycles. The summed E-state index contributed by atoms with van der Waals surface area (Å²) in [5, 5.41) is 11.8. The molecule has 0 aliphatic heterocycles. The van der Waals surface area contributed by atoms with Crippen LogP contribution in [0.15, 0.2) is 24.3 Å². The van der Waals surface area contributed by atoms with E-state index in [2.05, 4.69) is 38.2 Å². The van der Waals surface area contributed by atoms with Crippen molar-refractivity contribution in [1.29, 1.82) is 0 Å². The summed E-state index contributed by atoms with van der Waals surface area (Å²) in [5.41, 5.74) is 0. The van der Waals surface area contributed by atoms with Crippen molar-refractivity contribution in [2.45, 2.75) is 379 Å². The topological polar surface area (TPSA) is 111 Å². The Hall–Kier alpha value is -2.23. The highest BCUT2D eigenvalue weighted by molar-refractivity contribution is 5.70. The minimum Gasteiger partial charge on any atom is -0.545 e. The molecular weight excluding hydrogens is 1020 g/mol. The van der Waals surface area contributed by atoms with Crippen LogP contribution in [0.3, 0.4) is 0 Å². The monoisotopic (exact) mass is 1160 g/mol. The van der Waals surface area contributed by atoms with E-state index in [1.807, 2.05) is 21.1 Å². The molecular formula is C73H139NO8. The van der Waals surface area contributed by atoms with E-state index in [-0.39, 0.29) is 32.2 Å². The standard InChI is InChI=1S/C73H139NO8/c1-6-8-10-12-14-16-18-20-22-24-26-28-30-32-34-35-36-38-39-41-43-45-47-49-51-53-55-57-59-61-63-70(75)80-67-69(68-81-73(72(77)78)79-66-65-74(3,4)5)82-71(76)64-62-60-58-56-54-52-50-48-46-44-42-40-37-33-31-29-27-25-23-21-19-17-15-13-11-9-7-2/h19,21,25,27,69,73H,6-18,20,22-24,26,28-68H2,1-5H3/b21-19-,27-25-. The van der Waals surface area contributed by atoms with E-state index in [0.29, 0.717) is 17.4 Å². The maximum absolute atomic E-state index is 12.9. The Kier molecular flexibility index (Phi) is 63.0. The van der Waals surface area contributed by atoms with Crippen molar-refractivity contribution in [1.82, 2.24) is 0 Å². The predicted octanol–water partition coefficient (Wildman–Crippen LogP) is 20.9. The highest BCUT2D eigenvalue weighted by atomic mass is 16.7. The van der Waals surface area contributed by atoms with E-state index in [9.17, 15) is 19.5 Å². The first-order valence-corrected chi connectivity index (χ1v) is 36.0. The van der Waals surface area contributed by atoms with E-state index in [4.69, 9.17) is 18.9 Å². The van der Waals surface area contributed by atoms with Crippen LogP contribution in [0.25, 0.3) is 0 Å². The third-order valence-electron chi connectivity index (χ3n) is 16.5. The van der Waals surface area contributed by atoms with Gasteiger partial charge in [-0.15, -0.1) is 0 Å². The molecule has 0 aliphatic carbocycles. The number of esters is 2. The lowest BCUT2D eigenvalue weighted by Crippen LogP contribution is -2.44. The lowest BCUT2D eigenvalue weighted by atomic mass is 10.0. The third kappa shape index (κ3) is 65.3. The van der Waals surface area contributed by atoms with Gasteiger partial charge < -0.3 is 33.3 Å². The third-order valence-corrected chi connectivity index (χ3v) is 16.5. The zero-order chi connectivity index (χ0) is 59.8. The van der Waals surface area contributed by atoms with Crippen molar-refractivity contribution in [3.05, 3.63) is 24.3 Å². The highest BCUT2D eigenvalue weighted by Crippen LogP contribution is 2.19. The zero-order valence-corrected chi connectivity index (χ0v) is 55.4. The fourth-order valence-corrected chi connectivity index (χ4v) is 10.9. The van der Waals surface area contributed by atoms with Gasteiger partial charge in [0.2, 0.25) is 0 Å². The van der Waals surface area contributed by atoms with Crippen LogP contribution in [0.4, 0.5) is 0 Å². The van der Waals surface area contributed by atoms with Crippen LogP contribution >= 0.6 is 0 Å². The summed E-state index contributed by atoms with van der Waals surface area (Å²) < 4.78 is 22.8. The second-order valence-electron chi connectivity index (χ2n) is 25.9. The van der Waals surface area contributed by atoms with Crippen molar-refractivity contribution >= 4 is 17.9 Å². The summed E-state index contributed by atoms with van der Waals surface area (Å²) in [6.45, 7) is 4.82. The van der Waals surface area contributed by atoms with Gasteiger partial charge >= 0.3 is 11.9 Å². The van der Waals surface area contributed by atoms with Crippen molar-refractivity contribution in [3.63, 3.8) is 0 Å². The van der Waals surface area contributed by atoms with Crippen molar-refractivity contribution in [2.75, 3.05) is 47.5 Å². The average Bonchev–Trinajstić information content (AvgIpc) is 3.45. The number of quaternary nitrogens is 1. The number of carbonyl (C=O) groups excluding carboxylic acids is 3. The SMILES string of the molecule is CCCCCCC/C=C\C/C=C\CCCCCCCCCCCCCCCCCC(=O)OC(COC(=O)CCCCCCCCCCCCCCCCCCCCCCCCCCCCCCCC)COC(OCC[N+](C)(C)C)C(=O)[O-]. The molecule has 0 N–H and O–H groups in total. The van der Waals surface area contributed by atoms with Gasteiger partial charge in [-0.1, -0.05) is 334 Å². The summed E-state index contributed by atoms with van der Waals surface area (Å²) in [5.74, 6) is -2.25. The Bertz CT molecular complexity index is 1390. The molecule has 9 heteroatoms. The Morgan fingerprint density at radius 1 is 0.366 bits per heavy atom. The minimum absolute atomic E-state index is 0.151. The quantitative estimate of drug-likeness (QED) is 0.0195. The van der Waals surface area contributed by atoms with Crippen LogP contribution in [0.2, 0.25) is 0 Å². The molecule has 0 radical (unpaired) electrons. The first-order valence-electron chi connectivity index (χ1n) is 36.0. The van der Waals surface area contributed by atoms with Crippen LogP contribution in [-0.2, 0) is 33.3 Å². The Morgan fingerprint density at radius 3 is 0.963 bits per heavy atom. The molecule has 0 heterocycles. The number of aliphatic carboxylic acids is 1. The fraction of sp³-hybridized carbons (Fsp3) is 0.904. The van der Waals surface area contributed by atoms with Crippen LogP contribution in [0.1, 0.15) is 367 Å². The van der Waals surface area contributed by atoms with Crippen molar-refractivity contribution < 1.29 is 42.9 Å². The fourth-order valence-electron chi connectivity index (χ4n) is 10.9. The molecule has 0 aromatic carbocycles. The second-order valence-corrected chi connectivity index (χ2v) is 25.9. The molecule has 484 valence electrons. The Labute approximate surface area is 509 Å².